The van der Waals surface area contributed by atoms with E-state index in [0.717, 1.165) is 34.6 Å². The fraction of sp³-hybridized carbons (Fsp3) is 0.233. The number of ketones is 1. The number of carbonyl (C=O) groups excluding carboxylic acids is 2. The zero-order valence-electron chi connectivity index (χ0n) is 22.0. The molecule has 0 bridgehead atoms. The number of carbonyl (C=O) groups is 2. The van der Waals surface area contributed by atoms with Crippen LogP contribution in [-0.4, -0.2) is 40.9 Å². The molecule has 0 aliphatic heterocycles. The third-order valence-corrected chi connectivity index (χ3v) is 8.95. The number of hydrogen-bond acceptors (Lipinski definition) is 6. The van der Waals surface area contributed by atoms with Crippen LogP contribution >= 0.6 is 34.5 Å². The largest absolute Gasteiger partial charge is 0.388 e. The summed E-state index contributed by atoms with van der Waals surface area (Å²) in [4.78, 5) is 31.9. The summed E-state index contributed by atoms with van der Waals surface area (Å²) in [5, 5.41) is 4.19. The van der Waals surface area contributed by atoms with Gasteiger partial charge in [0, 0.05) is 46.0 Å². The SMILES string of the molecule is COC.O=C(Cc1ccc(S(=O)CC2CC2)cc1)Nc1nc(-c2cccc(Cl)c2)c(C(=O)c2ccc(Cl)cc2)s1. The van der Waals surface area contributed by atoms with Gasteiger partial charge in [0.05, 0.1) is 22.9 Å². The molecule has 0 saturated heterocycles. The average molecular weight is 616 g/mol. The summed E-state index contributed by atoms with van der Waals surface area (Å²) in [7, 11) is 2.25. The van der Waals surface area contributed by atoms with Gasteiger partial charge in [-0.25, -0.2) is 4.98 Å². The summed E-state index contributed by atoms with van der Waals surface area (Å²) in [5.74, 6) is 0.802. The number of anilines is 1. The second-order valence-electron chi connectivity index (χ2n) is 9.28. The fourth-order valence-corrected chi connectivity index (χ4v) is 6.47. The van der Waals surface area contributed by atoms with E-state index in [4.69, 9.17) is 23.2 Å². The number of methoxy groups -OCH3 is 1. The van der Waals surface area contributed by atoms with Crippen LogP contribution in [0.3, 0.4) is 0 Å². The van der Waals surface area contributed by atoms with E-state index in [1.54, 1.807) is 56.7 Å². The summed E-state index contributed by atoms with van der Waals surface area (Å²) < 4.78 is 16.6. The van der Waals surface area contributed by atoms with Crippen molar-refractivity contribution in [3.05, 3.63) is 98.8 Å². The highest BCUT2D eigenvalue weighted by molar-refractivity contribution is 7.85. The number of nitrogens with zero attached hydrogens (tertiary/aromatic N) is 1. The first-order valence-electron chi connectivity index (χ1n) is 12.5. The smallest absolute Gasteiger partial charge is 0.230 e. The van der Waals surface area contributed by atoms with Crippen molar-refractivity contribution in [2.75, 3.05) is 25.3 Å². The van der Waals surface area contributed by atoms with Crippen molar-refractivity contribution in [2.45, 2.75) is 24.2 Å². The van der Waals surface area contributed by atoms with E-state index in [0.29, 0.717) is 48.5 Å². The molecule has 6 nitrogen and oxygen atoms in total. The number of amides is 1. The maximum atomic E-state index is 13.3. The normalized spacial score (nSPS) is 13.2. The summed E-state index contributed by atoms with van der Waals surface area (Å²) in [6.07, 6.45) is 2.45. The van der Waals surface area contributed by atoms with Crippen molar-refractivity contribution < 1.29 is 18.5 Å². The molecule has 1 N–H and O–H groups in total. The molecule has 1 saturated carbocycles. The molecular weight excluding hydrogens is 587 g/mol. The Hall–Kier alpha value is -2.88. The van der Waals surface area contributed by atoms with Crippen molar-refractivity contribution in [1.82, 2.24) is 4.98 Å². The van der Waals surface area contributed by atoms with Crippen LogP contribution in [0.25, 0.3) is 11.3 Å². The molecule has 1 aliphatic carbocycles. The lowest BCUT2D eigenvalue weighted by Gasteiger charge is -2.05. The van der Waals surface area contributed by atoms with Crippen molar-refractivity contribution >= 4 is 62.2 Å². The molecule has 0 spiro atoms. The van der Waals surface area contributed by atoms with E-state index in [-0.39, 0.29) is 18.1 Å². The standard InChI is InChI=1S/C28H22Cl2N2O3S2.C2H6O/c29-21-10-8-19(9-11-21)26(34)27-25(20-2-1-3-22(30)15-20)32-28(36-27)31-24(33)14-17-6-12-23(13-7-17)37(35)16-18-4-5-18;1-3-2/h1-3,6-13,15,18H,4-5,14,16H2,(H,31,32,33);1-2H3. The monoisotopic (exact) mass is 614 g/mol. The topological polar surface area (TPSA) is 85.4 Å². The molecule has 10 heteroatoms. The van der Waals surface area contributed by atoms with Crippen LogP contribution in [0.4, 0.5) is 5.13 Å². The van der Waals surface area contributed by atoms with Gasteiger partial charge < -0.3 is 10.1 Å². The van der Waals surface area contributed by atoms with Gasteiger partial charge in [-0.2, -0.15) is 0 Å². The lowest BCUT2D eigenvalue weighted by molar-refractivity contribution is -0.115. The molecule has 1 aromatic heterocycles. The van der Waals surface area contributed by atoms with Crippen LogP contribution in [0.2, 0.25) is 10.0 Å². The predicted molar refractivity (Wildman–Crippen MR) is 163 cm³/mol. The number of aromatic nitrogens is 1. The third kappa shape index (κ3) is 8.32. The van der Waals surface area contributed by atoms with Gasteiger partial charge >= 0.3 is 0 Å². The Bertz CT molecular complexity index is 1500. The molecule has 4 aromatic rings. The quantitative estimate of drug-likeness (QED) is 0.200. The Balaban J connectivity index is 0.00000118. The van der Waals surface area contributed by atoms with Gasteiger partial charge in [0.15, 0.2) is 5.13 Å². The minimum atomic E-state index is -1.00. The highest BCUT2D eigenvalue weighted by atomic mass is 35.5. The van der Waals surface area contributed by atoms with Gasteiger partial charge in [0.1, 0.15) is 4.88 Å². The number of hydrogen-bond donors (Lipinski definition) is 1. The Morgan fingerprint density at radius 1 is 1.00 bits per heavy atom. The van der Waals surface area contributed by atoms with Crippen molar-refractivity contribution in [2.24, 2.45) is 5.92 Å². The Morgan fingerprint density at radius 2 is 1.68 bits per heavy atom. The summed E-state index contributed by atoms with van der Waals surface area (Å²) in [5.41, 5.74) is 2.39. The number of benzene rings is 3. The van der Waals surface area contributed by atoms with Crippen molar-refractivity contribution in [3.8, 4) is 11.3 Å². The van der Waals surface area contributed by atoms with Crippen LogP contribution in [0.1, 0.15) is 33.6 Å². The number of nitrogens with one attached hydrogen (secondary N) is 1. The van der Waals surface area contributed by atoms with Crippen LogP contribution in [0.5, 0.6) is 0 Å². The molecule has 1 fully saturated rings. The Labute approximate surface area is 250 Å². The van der Waals surface area contributed by atoms with Gasteiger partial charge in [-0.05, 0) is 72.9 Å². The average Bonchev–Trinajstić information content (AvgIpc) is 3.65. The number of ether oxygens (including phenoxy) is 1. The highest BCUT2D eigenvalue weighted by Crippen LogP contribution is 2.34. The van der Waals surface area contributed by atoms with E-state index >= 15 is 0 Å². The summed E-state index contributed by atoms with van der Waals surface area (Å²) in [6.45, 7) is 0. The molecule has 40 heavy (non-hydrogen) atoms. The Morgan fingerprint density at radius 3 is 2.30 bits per heavy atom. The molecule has 208 valence electrons. The Kier molecular flexibility index (Phi) is 10.6. The lowest BCUT2D eigenvalue weighted by atomic mass is 10.1. The molecule has 5 rings (SSSR count). The molecule has 1 unspecified atom stereocenters. The minimum absolute atomic E-state index is 0.127. The summed E-state index contributed by atoms with van der Waals surface area (Å²) >= 11 is 13.3. The molecule has 3 aromatic carbocycles. The van der Waals surface area contributed by atoms with E-state index in [9.17, 15) is 13.8 Å². The molecule has 1 aliphatic rings. The second kappa shape index (κ2) is 14.1. The summed E-state index contributed by atoms with van der Waals surface area (Å²) in [6, 6.07) is 21.0. The first-order valence-corrected chi connectivity index (χ1v) is 15.4. The van der Waals surface area contributed by atoms with E-state index < -0.39 is 10.8 Å². The minimum Gasteiger partial charge on any atom is -0.388 e. The van der Waals surface area contributed by atoms with E-state index in [2.05, 4.69) is 15.0 Å². The lowest BCUT2D eigenvalue weighted by Crippen LogP contribution is -2.14. The molecule has 0 radical (unpaired) electrons. The zero-order chi connectivity index (χ0) is 28.6. The van der Waals surface area contributed by atoms with Crippen LogP contribution in [0.15, 0.2) is 77.7 Å². The van der Waals surface area contributed by atoms with Crippen molar-refractivity contribution in [1.29, 1.82) is 0 Å². The second-order valence-corrected chi connectivity index (χ2v) is 12.6. The first kappa shape index (κ1) is 30.1. The van der Waals surface area contributed by atoms with E-state index in [1.165, 1.54) is 0 Å². The van der Waals surface area contributed by atoms with Gasteiger partial charge in [0.25, 0.3) is 0 Å². The van der Waals surface area contributed by atoms with Crippen molar-refractivity contribution in [3.63, 3.8) is 0 Å². The van der Waals surface area contributed by atoms with Gasteiger partial charge in [0.2, 0.25) is 11.7 Å². The van der Waals surface area contributed by atoms with Gasteiger partial charge in [-0.1, -0.05) is 58.8 Å². The molecule has 1 heterocycles. The first-order chi connectivity index (χ1) is 19.3. The maximum absolute atomic E-state index is 13.3. The third-order valence-electron chi connectivity index (χ3n) is 5.92. The van der Waals surface area contributed by atoms with E-state index in [1.807, 2.05) is 30.3 Å². The van der Waals surface area contributed by atoms with Gasteiger partial charge in [-0.3, -0.25) is 13.8 Å². The van der Waals surface area contributed by atoms with Crippen LogP contribution in [-0.2, 0) is 26.8 Å². The molecule has 1 atom stereocenters. The number of halogens is 2. The zero-order valence-corrected chi connectivity index (χ0v) is 25.1. The fourth-order valence-electron chi connectivity index (χ4n) is 3.79. The van der Waals surface area contributed by atoms with Crippen LogP contribution in [0, 0.1) is 5.92 Å². The number of thiazole rings is 1. The predicted octanol–water partition coefficient (Wildman–Crippen LogP) is 7.31. The number of rotatable bonds is 9. The highest BCUT2D eigenvalue weighted by Gasteiger charge is 2.25. The molecule has 1 amide bonds. The maximum Gasteiger partial charge on any atom is 0.230 e. The molecular formula is C30H28Cl2N2O4S2. The van der Waals surface area contributed by atoms with Crippen LogP contribution < -0.4 is 5.32 Å². The van der Waals surface area contributed by atoms with Gasteiger partial charge in [-0.15, -0.1) is 0 Å².